The highest BCUT2D eigenvalue weighted by Gasteiger charge is 2.25. The van der Waals surface area contributed by atoms with E-state index in [1.165, 1.54) is 6.07 Å². The molecule has 1 aromatic rings. The fourth-order valence-corrected chi connectivity index (χ4v) is 1.67. The highest BCUT2D eigenvalue weighted by atomic mass is 35.5. The van der Waals surface area contributed by atoms with E-state index in [9.17, 15) is 18.0 Å². The first kappa shape index (κ1) is 16.6. The number of pyridine rings is 1. The van der Waals surface area contributed by atoms with Gasteiger partial charge in [0.2, 0.25) is 0 Å². The second-order valence-electron chi connectivity index (χ2n) is 4.11. The molecule has 4 nitrogen and oxygen atoms in total. The van der Waals surface area contributed by atoms with Crippen LogP contribution < -0.4 is 10.6 Å². The van der Waals surface area contributed by atoms with Crippen LogP contribution in [-0.4, -0.2) is 30.7 Å². The standard InChI is InChI=1S/C12H15ClF3N3O/c1-17-9-5-4-8(13)10(19-9)11(20)18-7-3-2-6-12(14,15)16/h4-5H,2-3,6-7H2,1H3,(H,17,19)(H,18,20). The fourth-order valence-electron chi connectivity index (χ4n) is 1.48. The number of carbonyl (C=O) groups excluding carboxylic acids is 1. The van der Waals surface area contributed by atoms with Crippen LogP contribution in [0.2, 0.25) is 5.02 Å². The van der Waals surface area contributed by atoms with Gasteiger partial charge in [-0.25, -0.2) is 4.98 Å². The maximum atomic E-state index is 11.9. The quantitative estimate of drug-likeness (QED) is 0.793. The van der Waals surface area contributed by atoms with Crippen LogP contribution in [0.15, 0.2) is 12.1 Å². The molecule has 0 fully saturated rings. The highest BCUT2D eigenvalue weighted by molar-refractivity contribution is 6.33. The topological polar surface area (TPSA) is 54.0 Å². The number of hydrogen-bond donors (Lipinski definition) is 2. The number of anilines is 1. The minimum absolute atomic E-state index is 0.0263. The van der Waals surface area contributed by atoms with E-state index < -0.39 is 18.5 Å². The molecular formula is C12H15ClF3N3O. The lowest BCUT2D eigenvalue weighted by molar-refractivity contribution is -0.135. The largest absolute Gasteiger partial charge is 0.389 e. The Balaban J connectivity index is 2.43. The number of halogens is 4. The highest BCUT2D eigenvalue weighted by Crippen LogP contribution is 2.22. The van der Waals surface area contributed by atoms with E-state index in [1.807, 2.05) is 0 Å². The van der Waals surface area contributed by atoms with Crippen molar-refractivity contribution in [1.82, 2.24) is 10.3 Å². The summed E-state index contributed by atoms with van der Waals surface area (Å²) in [5.41, 5.74) is 0.0503. The van der Waals surface area contributed by atoms with Gasteiger partial charge in [-0.2, -0.15) is 13.2 Å². The molecule has 0 aliphatic rings. The number of amides is 1. The lowest BCUT2D eigenvalue weighted by Gasteiger charge is -2.08. The van der Waals surface area contributed by atoms with Crippen molar-refractivity contribution in [3.63, 3.8) is 0 Å². The fraction of sp³-hybridized carbons (Fsp3) is 0.500. The van der Waals surface area contributed by atoms with Gasteiger partial charge in [0.05, 0.1) is 5.02 Å². The molecule has 1 amide bonds. The van der Waals surface area contributed by atoms with Crippen molar-refractivity contribution in [2.75, 3.05) is 18.9 Å². The summed E-state index contributed by atoms with van der Waals surface area (Å²) in [4.78, 5) is 15.8. The van der Waals surface area contributed by atoms with E-state index in [1.54, 1.807) is 13.1 Å². The van der Waals surface area contributed by atoms with Crippen molar-refractivity contribution < 1.29 is 18.0 Å². The maximum absolute atomic E-state index is 11.9. The predicted molar refractivity (Wildman–Crippen MR) is 71.0 cm³/mol. The predicted octanol–water partition coefficient (Wildman–Crippen LogP) is 3.24. The first-order valence-electron chi connectivity index (χ1n) is 6.03. The summed E-state index contributed by atoms with van der Waals surface area (Å²) >= 11 is 5.85. The summed E-state index contributed by atoms with van der Waals surface area (Å²) in [6.07, 6.45) is -4.79. The number of hydrogen-bond acceptors (Lipinski definition) is 3. The SMILES string of the molecule is CNc1ccc(Cl)c(C(=O)NCCCCC(F)(F)F)n1. The molecule has 1 rings (SSSR count). The number of aromatic nitrogens is 1. The molecule has 0 unspecified atom stereocenters. The summed E-state index contributed by atoms with van der Waals surface area (Å²) in [6, 6.07) is 3.14. The molecule has 112 valence electrons. The Bertz CT molecular complexity index is 466. The van der Waals surface area contributed by atoms with E-state index in [0.29, 0.717) is 5.82 Å². The smallest absolute Gasteiger partial charge is 0.373 e. The Morgan fingerprint density at radius 3 is 2.65 bits per heavy atom. The zero-order valence-electron chi connectivity index (χ0n) is 10.9. The third-order valence-electron chi connectivity index (χ3n) is 2.49. The number of unbranched alkanes of at least 4 members (excludes halogenated alkanes) is 1. The molecule has 0 aromatic carbocycles. The lowest BCUT2D eigenvalue weighted by Crippen LogP contribution is -2.26. The summed E-state index contributed by atoms with van der Waals surface area (Å²) in [7, 11) is 1.65. The van der Waals surface area contributed by atoms with Gasteiger partial charge in [0.15, 0.2) is 0 Å². The summed E-state index contributed by atoms with van der Waals surface area (Å²) < 4.78 is 35.8. The van der Waals surface area contributed by atoms with Crippen molar-refractivity contribution in [1.29, 1.82) is 0 Å². The van der Waals surface area contributed by atoms with Gasteiger partial charge < -0.3 is 10.6 Å². The molecule has 0 aliphatic heterocycles. The van der Waals surface area contributed by atoms with Crippen LogP contribution in [0.25, 0.3) is 0 Å². The van der Waals surface area contributed by atoms with Gasteiger partial charge in [-0.3, -0.25) is 4.79 Å². The van der Waals surface area contributed by atoms with E-state index >= 15 is 0 Å². The van der Waals surface area contributed by atoms with Gasteiger partial charge >= 0.3 is 6.18 Å². The third kappa shape index (κ3) is 5.64. The van der Waals surface area contributed by atoms with Crippen LogP contribution in [0.5, 0.6) is 0 Å². The van der Waals surface area contributed by atoms with Gasteiger partial charge in [-0.15, -0.1) is 0 Å². The Hall–Kier alpha value is -1.50. The molecule has 0 radical (unpaired) electrons. The van der Waals surface area contributed by atoms with Crippen molar-refractivity contribution in [2.24, 2.45) is 0 Å². The minimum atomic E-state index is -4.16. The molecule has 0 bridgehead atoms. The molecule has 0 aliphatic carbocycles. The third-order valence-corrected chi connectivity index (χ3v) is 2.79. The Labute approximate surface area is 119 Å². The zero-order chi connectivity index (χ0) is 15.2. The molecule has 0 saturated heterocycles. The van der Waals surface area contributed by atoms with Gasteiger partial charge in [0, 0.05) is 20.0 Å². The molecule has 20 heavy (non-hydrogen) atoms. The zero-order valence-corrected chi connectivity index (χ0v) is 11.6. The number of nitrogens with zero attached hydrogens (tertiary/aromatic N) is 1. The van der Waals surface area contributed by atoms with Gasteiger partial charge in [0.1, 0.15) is 11.5 Å². The van der Waals surface area contributed by atoms with E-state index in [4.69, 9.17) is 11.6 Å². The minimum Gasteiger partial charge on any atom is -0.373 e. The average Bonchev–Trinajstić information content (AvgIpc) is 2.37. The van der Waals surface area contributed by atoms with E-state index in [0.717, 1.165) is 0 Å². The lowest BCUT2D eigenvalue weighted by atomic mass is 10.2. The molecule has 1 heterocycles. The summed E-state index contributed by atoms with van der Waals surface area (Å²) in [6.45, 7) is 0.150. The first-order valence-corrected chi connectivity index (χ1v) is 6.40. The Morgan fingerprint density at radius 2 is 2.05 bits per heavy atom. The van der Waals surface area contributed by atoms with Gasteiger partial charge in [0.25, 0.3) is 5.91 Å². The van der Waals surface area contributed by atoms with Gasteiger partial charge in [-0.1, -0.05) is 11.6 Å². The van der Waals surface area contributed by atoms with Crippen LogP contribution in [0, 0.1) is 0 Å². The molecular weight excluding hydrogens is 295 g/mol. The van der Waals surface area contributed by atoms with Crippen LogP contribution in [0.1, 0.15) is 29.8 Å². The molecule has 0 atom stereocenters. The summed E-state index contributed by atoms with van der Waals surface area (Å²) in [5, 5.41) is 5.46. The number of rotatable bonds is 6. The van der Waals surface area contributed by atoms with Crippen LogP contribution in [0.3, 0.4) is 0 Å². The Kier molecular flexibility index (Phi) is 6.06. The Morgan fingerprint density at radius 1 is 1.35 bits per heavy atom. The van der Waals surface area contributed by atoms with Crippen LogP contribution in [0.4, 0.5) is 19.0 Å². The van der Waals surface area contributed by atoms with Crippen LogP contribution >= 0.6 is 11.6 Å². The van der Waals surface area contributed by atoms with E-state index in [-0.39, 0.29) is 30.1 Å². The van der Waals surface area contributed by atoms with E-state index in [2.05, 4.69) is 15.6 Å². The second-order valence-corrected chi connectivity index (χ2v) is 4.51. The molecule has 1 aromatic heterocycles. The van der Waals surface area contributed by atoms with Crippen molar-refractivity contribution in [3.8, 4) is 0 Å². The second kappa shape index (κ2) is 7.33. The number of carbonyl (C=O) groups is 1. The average molecular weight is 310 g/mol. The molecule has 2 N–H and O–H groups in total. The molecule has 0 saturated carbocycles. The molecule has 8 heteroatoms. The summed E-state index contributed by atoms with van der Waals surface area (Å²) in [5.74, 6) is -0.0178. The van der Waals surface area contributed by atoms with Gasteiger partial charge in [-0.05, 0) is 25.0 Å². The maximum Gasteiger partial charge on any atom is 0.389 e. The van der Waals surface area contributed by atoms with Crippen molar-refractivity contribution in [3.05, 3.63) is 22.8 Å². The monoisotopic (exact) mass is 309 g/mol. The van der Waals surface area contributed by atoms with Crippen LogP contribution in [-0.2, 0) is 0 Å². The van der Waals surface area contributed by atoms with Crippen molar-refractivity contribution in [2.45, 2.75) is 25.4 Å². The number of alkyl halides is 3. The normalized spacial score (nSPS) is 11.2. The number of nitrogens with one attached hydrogen (secondary N) is 2. The molecule has 0 spiro atoms. The van der Waals surface area contributed by atoms with Crippen molar-refractivity contribution >= 4 is 23.3 Å². The first-order chi connectivity index (χ1) is 9.33.